The zero-order valence-electron chi connectivity index (χ0n) is 10.9. The maximum Gasteiger partial charge on any atom is 0.177 e. The number of likely N-dealkylation sites (tertiary alicyclic amines) is 1. The van der Waals surface area contributed by atoms with Crippen LogP contribution in [0.5, 0.6) is 0 Å². The Kier molecular flexibility index (Phi) is 3.08. The van der Waals surface area contributed by atoms with E-state index < -0.39 is 0 Å². The topological polar surface area (TPSA) is 33.2 Å². The van der Waals surface area contributed by atoms with Crippen molar-refractivity contribution in [3.63, 3.8) is 0 Å². The minimum atomic E-state index is 0.0450. The van der Waals surface area contributed by atoms with Gasteiger partial charge in [0.05, 0.1) is 17.0 Å². The molecule has 1 aromatic rings. The molecule has 1 aliphatic heterocycles. The van der Waals surface area contributed by atoms with Gasteiger partial charge in [-0.05, 0) is 30.9 Å². The predicted molar refractivity (Wildman–Crippen MR) is 74.1 cm³/mol. The van der Waals surface area contributed by atoms with Crippen LogP contribution in [-0.2, 0) is 11.2 Å². The van der Waals surface area contributed by atoms with Gasteiger partial charge in [0, 0.05) is 25.7 Å². The molecule has 0 amide bonds. The fourth-order valence-electron chi connectivity index (χ4n) is 2.88. The summed E-state index contributed by atoms with van der Waals surface area (Å²) in [7, 11) is 0. The minimum absolute atomic E-state index is 0.0450. The number of Topliss-reactive ketones (excluding diaryl/α,β-unsaturated/α-hetero) is 1. The summed E-state index contributed by atoms with van der Waals surface area (Å²) in [5, 5.41) is 0. The van der Waals surface area contributed by atoms with Crippen molar-refractivity contribution in [2.24, 2.45) is 0 Å². The Hall–Kier alpha value is -2.08. The van der Waals surface area contributed by atoms with Crippen LogP contribution in [0.2, 0.25) is 0 Å². The van der Waals surface area contributed by atoms with Crippen LogP contribution in [0.25, 0.3) is 5.70 Å². The minimum Gasteiger partial charge on any atom is -0.369 e. The summed E-state index contributed by atoms with van der Waals surface area (Å²) < 4.78 is 0. The zero-order chi connectivity index (χ0) is 13.2. The molecule has 0 bridgehead atoms. The number of carbonyl (C=O) groups excluding carboxylic acids is 1. The van der Waals surface area contributed by atoms with E-state index in [1.54, 1.807) is 6.20 Å². The van der Waals surface area contributed by atoms with Gasteiger partial charge in [-0.1, -0.05) is 12.0 Å². The number of aromatic nitrogens is 1. The fourth-order valence-corrected chi connectivity index (χ4v) is 2.88. The van der Waals surface area contributed by atoms with E-state index in [9.17, 15) is 4.79 Å². The number of piperidine rings is 1. The molecule has 0 unspecified atom stereocenters. The van der Waals surface area contributed by atoms with Crippen LogP contribution in [0, 0.1) is 12.3 Å². The van der Waals surface area contributed by atoms with Crippen molar-refractivity contribution >= 4 is 11.5 Å². The van der Waals surface area contributed by atoms with E-state index >= 15 is 0 Å². The molecule has 0 atom stereocenters. The number of pyridine rings is 1. The van der Waals surface area contributed by atoms with Crippen molar-refractivity contribution in [1.82, 2.24) is 9.88 Å². The highest BCUT2D eigenvalue weighted by Gasteiger charge is 2.29. The van der Waals surface area contributed by atoms with Gasteiger partial charge in [-0.15, -0.1) is 6.42 Å². The molecule has 3 nitrogen and oxygen atoms in total. The molecular weight excluding hydrogens is 236 g/mol. The smallest absolute Gasteiger partial charge is 0.177 e. The number of hydrogen-bond acceptors (Lipinski definition) is 3. The SMILES string of the molecule is C#CC1=C(N2CCCCC2)c2ncccc2CC1=O. The first kappa shape index (κ1) is 12.0. The zero-order valence-corrected chi connectivity index (χ0v) is 10.9. The molecule has 1 aromatic heterocycles. The first-order chi connectivity index (χ1) is 9.31. The lowest BCUT2D eigenvalue weighted by atomic mass is 9.90. The monoisotopic (exact) mass is 252 g/mol. The van der Waals surface area contributed by atoms with Crippen LogP contribution in [0.4, 0.5) is 0 Å². The van der Waals surface area contributed by atoms with E-state index in [-0.39, 0.29) is 5.78 Å². The second-order valence-electron chi connectivity index (χ2n) is 5.03. The molecule has 0 aromatic carbocycles. The molecule has 96 valence electrons. The van der Waals surface area contributed by atoms with E-state index in [0.29, 0.717) is 12.0 Å². The number of allylic oxidation sites excluding steroid dienone is 1. The van der Waals surface area contributed by atoms with Crippen LogP contribution in [-0.4, -0.2) is 28.8 Å². The Balaban J connectivity index is 2.14. The molecule has 0 spiro atoms. The number of fused-ring (bicyclic) bond motifs is 1. The van der Waals surface area contributed by atoms with E-state index in [1.165, 1.54) is 6.42 Å². The molecule has 2 aliphatic rings. The summed E-state index contributed by atoms with van der Waals surface area (Å²) in [5.41, 5.74) is 3.28. The number of rotatable bonds is 1. The van der Waals surface area contributed by atoms with Crippen LogP contribution < -0.4 is 0 Å². The highest BCUT2D eigenvalue weighted by Crippen LogP contribution is 2.32. The molecular formula is C16H16N2O. The first-order valence-electron chi connectivity index (χ1n) is 6.74. The van der Waals surface area contributed by atoms with Crippen molar-refractivity contribution < 1.29 is 4.79 Å². The van der Waals surface area contributed by atoms with Crippen molar-refractivity contribution in [3.8, 4) is 12.3 Å². The van der Waals surface area contributed by atoms with Gasteiger partial charge < -0.3 is 4.90 Å². The number of nitrogens with zero attached hydrogens (tertiary/aromatic N) is 2. The van der Waals surface area contributed by atoms with Gasteiger partial charge in [-0.25, -0.2) is 0 Å². The van der Waals surface area contributed by atoms with Gasteiger partial charge in [0.2, 0.25) is 0 Å². The van der Waals surface area contributed by atoms with Gasteiger partial charge in [-0.3, -0.25) is 9.78 Å². The molecule has 1 fully saturated rings. The first-order valence-corrected chi connectivity index (χ1v) is 6.74. The van der Waals surface area contributed by atoms with Crippen LogP contribution in [0.15, 0.2) is 23.9 Å². The van der Waals surface area contributed by atoms with Gasteiger partial charge in [-0.2, -0.15) is 0 Å². The lowest BCUT2D eigenvalue weighted by Crippen LogP contribution is -2.33. The number of terminal acetylenes is 1. The summed E-state index contributed by atoms with van der Waals surface area (Å²) >= 11 is 0. The molecule has 0 saturated carbocycles. The predicted octanol–water partition coefficient (Wildman–Crippen LogP) is 2.04. The number of hydrogen-bond donors (Lipinski definition) is 0. The Labute approximate surface area is 113 Å². The fraction of sp³-hybridized carbons (Fsp3) is 0.375. The lowest BCUT2D eigenvalue weighted by Gasteiger charge is -2.33. The Bertz CT molecular complexity index is 589. The number of carbonyl (C=O) groups is 1. The summed E-state index contributed by atoms with van der Waals surface area (Å²) in [5.74, 6) is 2.64. The van der Waals surface area contributed by atoms with Gasteiger partial charge >= 0.3 is 0 Å². The quantitative estimate of drug-likeness (QED) is 0.717. The molecule has 2 heterocycles. The number of ketones is 1. The van der Waals surface area contributed by atoms with Crippen molar-refractivity contribution in [2.45, 2.75) is 25.7 Å². The molecule has 3 heteroatoms. The van der Waals surface area contributed by atoms with E-state index in [4.69, 9.17) is 6.42 Å². The molecule has 0 radical (unpaired) electrons. The van der Waals surface area contributed by atoms with Gasteiger partial charge in [0.15, 0.2) is 5.78 Å². The summed E-state index contributed by atoms with van der Waals surface area (Å²) in [6.45, 7) is 1.92. The van der Waals surface area contributed by atoms with Gasteiger partial charge in [0.1, 0.15) is 0 Å². The second-order valence-corrected chi connectivity index (χ2v) is 5.03. The molecule has 3 rings (SSSR count). The van der Waals surface area contributed by atoms with Crippen LogP contribution in [0.1, 0.15) is 30.5 Å². The van der Waals surface area contributed by atoms with Crippen LogP contribution >= 0.6 is 0 Å². The Morgan fingerprint density at radius 1 is 1.26 bits per heavy atom. The van der Waals surface area contributed by atoms with Crippen LogP contribution in [0.3, 0.4) is 0 Å². The largest absolute Gasteiger partial charge is 0.369 e. The Morgan fingerprint density at radius 2 is 2.05 bits per heavy atom. The van der Waals surface area contributed by atoms with Gasteiger partial charge in [0.25, 0.3) is 0 Å². The Morgan fingerprint density at radius 3 is 2.79 bits per heavy atom. The van der Waals surface area contributed by atoms with E-state index in [1.807, 2.05) is 12.1 Å². The summed E-state index contributed by atoms with van der Waals surface area (Å²) in [4.78, 5) is 18.9. The molecule has 1 saturated heterocycles. The average Bonchev–Trinajstić information content (AvgIpc) is 2.46. The van der Waals surface area contributed by atoms with Crippen molar-refractivity contribution in [1.29, 1.82) is 0 Å². The summed E-state index contributed by atoms with van der Waals surface area (Å²) in [6, 6.07) is 3.85. The summed E-state index contributed by atoms with van der Waals surface area (Å²) in [6.07, 6.45) is 11.3. The maximum atomic E-state index is 12.2. The van der Waals surface area contributed by atoms with E-state index in [2.05, 4.69) is 15.8 Å². The lowest BCUT2D eigenvalue weighted by molar-refractivity contribution is -0.114. The normalized spacial score (nSPS) is 19.1. The second kappa shape index (κ2) is 4.89. The van der Waals surface area contributed by atoms with Crippen molar-refractivity contribution in [2.75, 3.05) is 13.1 Å². The van der Waals surface area contributed by atoms with Crippen molar-refractivity contribution in [3.05, 3.63) is 35.2 Å². The average molecular weight is 252 g/mol. The molecule has 0 N–H and O–H groups in total. The highest BCUT2D eigenvalue weighted by molar-refractivity contribution is 6.09. The third kappa shape index (κ3) is 2.04. The standard InChI is InChI=1S/C16H16N2O/c1-2-13-14(19)11-12-7-6-8-17-15(12)16(13)18-9-4-3-5-10-18/h1,6-8H,3-5,9-11H2. The third-order valence-corrected chi connectivity index (χ3v) is 3.80. The third-order valence-electron chi connectivity index (χ3n) is 3.80. The van der Waals surface area contributed by atoms with E-state index in [0.717, 1.165) is 42.9 Å². The maximum absolute atomic E-state index is 12.2. The highest BCUT2D eigenvalue weighted by atomic mass is 16.1. The molecule has 19 heavy (non-hydrogen) atoms. The molecule has 1 aliphatic carbocycles.